The maximum absolute atomic E-state index is 9.79. The molecule has 120 valence electrons. The van der Waals surface area contributed by atoms with Crippen LogP contribution in [-0.4, -0.2) is 37.3 Å². The molecule has 1 aromatic rings. The van der Waals surface area contributed by atoms with Gasteiger partial charge in [0.1, 0.15) is 0 Å². The molecule has 0 aliphatic heterocycles. The summed E-state index contributed by atoms with van der Waals surface area (Å²) in [5, 5.41) is 19.0. The molecule has 0 amide bonds. The molecule has 21 heavy (non-hydrogen) atoms. The molecule has 2 N–H and O–H groups in total. The van der Waals surface area contributed by atoms with Crippen LogP contribution in [0.2, 0.25) is 18.1 Å². The number of rotatable bonds is 7. The van der Waals surface area contributed by atoms with Crippen LogP contribution < -0.4 is 0 Å². The minimum absolute atomic E-state index is 0.0598. The van der Waals surface area contributed by atoms with Gasteiger partial charge in [-0.1, -0.05) is 51.1 Å². The van der Waals surface area contributed by atoms with Gasteiger partial charge in [0.25, 0.3) is 0 Å². The van der Waals surface area contributed by atoms with Crippen molar-refractivity contribution in [3.8, 4) is 0 Å². The summed E-state index contributed by atoms with van der Waals surface area (Å²) in [4.78, 5) is 0. The first-order chi connectivity index (χ1) is 9.65. The molecule has 1 aromatic carbocycles. The van der Waals surface area contributed by atoms with Crippen molar-refractivity contribution < 1.29 is 14.6 Å². The second-order valence-electron chi connectivity index (χ2n) is 7.26. The molecule has 0 saturated heterocycles. The summed E-state index contributed by atoms with van der Waals surface area (Å²) in [6.45, 7) is 10.8. The van der Waals surface area contributed by atoms with Crippen LogP contribution in [0, 0.1) is 0 Å². The van der Waals surface area contributed by atoms with Crippen LogP contribution in [0.25, 0.3) is 0 Å². The third kappa shape index (κ3) is 5.91. The summed E-state index contributed by atoms with van der Waals surface area (Å²) >= 11 is 0. The van der Waals surface area contributed by atoms with E-state index in [0.717, 1.165) is 6.42 Å². The summed E-state index contributed by atoms with van der Waals surface area (Å²) in [6.07, 6.45) is 0.460. The number of hydrogen-bond acceptors (Lipinski definition) is 3. The van der Waals surface area contributed by atoms with Crippen LogP contribution >= 0.6 is 0 Å². The molecule has 4 heteroatoms. The molecule has 0 aliphatic carbocycles. The second-order valence-corrected chi connectivity index (χ2v) is 12.0. The van der Waals surface area contributed by atoms with Gasteiger partial charge in [0.2, 0.25) is 0 Å². The van der Waals surface area contributed by atoms with E-state index in [4.69, 9.17) is 9.53 Å². The summed E-state index contributed by atoms with van der Waals surface area (Å²) in [5.41, 5.74) is 1.20. The highest BCUT2D eigenvalue weighted by atomic mass is 28.4. The van der Waals surface area contributed by atoms with Crippen molar-refractivity contribution in [2.24, 2.45) is 0 Å². The van der Waals surface area contributed by atoms with Gasteiger partial charge >= 0.3 is 0 Å². The fourth-order valence-electron chi connectivity index (χ4n) is 2.02. The quantitative estimate of drug-likeness (QED) is 0.759. The third-order valence-corrected chi connectivity index (χ3v) is 8.85. The van der Waals surface area contributed by atoms with Crippen LogP contribution in [0.3, 0.4) is 0 Å². The Kier molecular flexibility index (Phi) is 6.59. The standard InChI is InChI=1S/C17H30O3Si/c1-17(2,3)21(4,5)20-16(12-15(19)13-18)11-14-9-7-6-8-10-14/h6-10,15-16,18-19H,11-13H2,1-5H3/t15-,16-/m1/s1. The molecule has 3 nitrogen and oxygen atoms in total. The van der Waals surface area contributed by atoms with Crippen molar-refractivity contribution in [1.29, 1.82) is 0 Å². The largest absolute Gasteiger partial charge is 0.414 e. The van der Waals surface area contributed by atoms with Crippen LogP contribution in [0.4, 0.5) is 0 Å². The lowest BCUT2D eigenvalue weighted by Gasteiger charge is -2.39. The highest BCUT2D eigenvalue weighted by Crippen LogP contribution is 2.38. The molecule has 0 saturated carbocycles. The Balaban J connectivity index is 2.82. The lowest BCUT2D eigenvalue weighted by Crippen LogP contribution is -2.45. The third-order valence-electron chi connectivity index (χ3n) is 4.32. The zero-order chi connectivity index (χ0) is 16.1. The van der Waals surface area contributed by atoms with Gasteiger partial charge in [0.15, 0.2) is 8.32 Å². The molecule has 0 fully saturated rings. The van der Waals surface area contributed by atoms with Gasteiger partial charge in [0.05, 0.1) is 18.8 Å². The van der Waals surface area contributed by atoms with E-state index in [1.165, 1.54) is 5.56 Å². The Morgan fingerprint density at radius 3 is 2.19 bits per heavy atom. The summed E-state index contributed by atoms with van der Waals surface area (Å²) in [7, 11) is -1.89. The fraction of sp³-hybridized carbons (Fsp3) is 0.647. The van der Waals surface area contributed by atoms with Gasteiger partial charge < -0.3 is 14.6 Å². The van der Waals surface area contributed by atoms with Gasteiger partial charge in [-0.3, -0.25) is 0 Å². The van der Waals surface area contributed by atoms with E-state index in [-0.39, 0.29) is 17.7 Å². The van der Waals surface area contributed by atoms with E-state index in [1.54, 1.807) is 0 Å². The molecule has 0 aromatic heterocycles. The average molecular weight is 311 g/mol. The number of aliphatic hydroxyl groups excluding tert-OH is 2. The molecule has 2 atom stereocenters. The van der Waals surface area contributed by atoms with Crippen molar-refractivity contribution in [3.63, 3.8) is 0 Å². The monoisotopic (exact) mass is 310 g/mol. The molecule has 0 unspecified atom stereocenters. The SMILES string of the molecule is CC(C)(C)[Si](C)(C)O[C@H](Cc1ccccc1)C[C@@H](O)CO. The first-order valence-corrected chi connectivity index (χ1v) is 10.6. The number of hydrogen-bond donors (Lipinski definition) is 2. The van der Waals surface area contributed by atoms with Gasteiger partial charge in [-0.2, -0.15) is 0 Å². The maximum Gasteiger partial charge on any atom is 0.192 e. The van der Waals surface area contributed by atoms with Crippen molar-refractivity contribution in [3.05, 3.63) is 35.9 Å². The summed E-state index contributed by atoms with van der Waals surface area (Å²) < 4.78 is 6.45. The molecular weight excluding hydrogens is 280 g/mol. The topological polar surface area (TPSA) is 49.7 Å². The molecule has 0 heterocycles. The van der Waals surface area contributed by atoms with E-state index in [2.05, 4.69) is 46.0 Å². The average Bonchev–Trinajstić information content (AvgIpc) is 2.37. The molecule has 1 rings (SSSR count). The highest BCUT2D eigenvalue weighted by molar-refractivity contribution is 6.74. The van der Waals surface area contributed by atoms with Crippen molar-refractivity contribution in [2.75, 3.05) is 6.61 Å². The second kappa shape index (κ2) is 7.54. The molecule has 0 aliphatic rings. The summed E-state index contributed by atoms with van der Waals surface area (Å²) in [6, 6.07) is 10.2. The van der Waals surface area contributed by atoms with Crippen molar-refractivity contribution in [2.45, 2.75) is 64.0 Å². The zero-order valence-electron chi connectivity index (χ0n) is 14.0. The Bertz CT molecular complexity index is 412. The Labute approximate surface area is 130 Å². The summed E-state index contributed by atoms with van der Waals surface area (Å²) in [5.74, 6) is 0. The zero-order valence-corrected chi connectivity index (χ0v) is 15.0. The molecule has 0 bridgehead atoms. The van der Waals surface area contributed by atoms with Crippen LogP contribution in [0.15, 0.2) is 30.3 Å². The van der Waals surface area contributed by atoms with E-state index >= 15 is 0 Å². The molecular formula is C17H30O3Si. The van der Waals surface area contributed by atoms with E-state index in [9.17, 15) is 5.11 Å². The fourth-order valence-corrected chi connectivity index (χ4v) is 3.39. The lowest BCUT2D eigenvalue weighted by molar-refractivity contribution is 0.0458. The molecule has 0 radical (unpaired) electrons. The highest BCUT2D eigenvalue weighted by Gasteiger charge is 2.39. The minimum atomic E-state index is -1.89. The maximum atomic E-state index is 9.79. The first-order valence-electron chi connectivity index (χ1n) is 7.66. The predicted octanol–water partition coefficient (Wildman–Crippen LogP) is 3.36. The number of aliphatic hydroxyl groups is 2. The van der Waals surface area contributed by atoms with E-state index in [0.29, 0.717) is 6.42 Å². The smallest absolute Gasteiger partial charge is 0.192 e. The molecule has 0 spiro atoms. The Morgan fingerprint density at radius 1 is 1.14 bits per heavy atom. The van der Waals surface area contributed by atoms with Crippen LogP contribution in [0.5, 0.6) is 0 Å². The van der Waals surface area contributed by atoms with Crippen molar-refractivity contribution in [1.82, 2.24) is 0 Å². The Morgan fingerprint density at radius 2 is 1.71 bits per heavy atom. The number of benzene rings is 1. The van der Waals surface area contributed by atoms with Gasteiger partial charge in [0, 0.05) is 6.42 Å². The van der Waals surface area contributed by atoms with Gasteiger partial charge in [-0.05, 0) is 30.1 Å². The Hall–Kier alpha value is -0.683. The van der Waals surface area contributed by atoms with Crippen LogP contribution in [-0.2, 0) is 10.8 Å². The van der Waals surface area contributed by atoms with Gasteiger partial charge in [-0.15, -0.1) is 0 Å². The van der Waals surface area contributed by atoms with E-state index in [1.807, 2.05) is 18.2 Å². The normalized spacial score (nSPS) is 15.8. The van der Waals surface area contributed by atoms with Crippen molar-refractivity contribution >= 4 is 8.32 Å². The predicted molar refractivity (Wildman–Crippen MR) is 89.9 cm³/mol. The first kappa shape index (κ1) is 18.4. The van der Waals surface area contributed by atoms with Crippen LogP contribution in [0.1, 0.15) is 32.8 Å². The van der Waals surface area contributed by atoms with E-state index < -0.39 is 14.4 Å². The minimum Gasteiger partial charge on any atom is -0.414 e. The lowest BCUT2D eigenvalue weighted by atomic mass is 10.0. The van der Waals surface area contributed by atoms with Gasteiger partial charge in [-0.25, -0.2) is 0 Å².